The van der Waals surface area contributed by atoms with Crippen LogP contribution in [0.25, 0.3) is 0 Å². The van der Waals surface area contributed by atoms with E-state index in [4.69, 9.17) is 11.6 Å². The van der Waals surface area contributed by atoms with Gasteiger partial charge >= 0.3 is 0 Å². The summed E-state index contributed by atoms with van der Waals surface area (Å²) in [6.45, 7) is 0.950. The topological polar surface area (TPSA) is 52.6 Å². The summed E-state index contributed by atoms with van der Waals surface area (Å²) in [6.07, 6.45) is 2.92. The van der Waals surface area contributed by atoms with E-state index in [1.807, 2.05) is 24.3 Å². The molecule has 4 atom stereocenters. The summed E-state index contributed by atoms with van der Waals surface area (Å²) in [5.41, 5.74) is 1.17. The Morgan fingerprint density at radius 1 is 1.27 bits per heavy atom. The first-order valence-corrected chi connectivity index (χ1v) is 8.38. The number of halogens is 1. The van der Waals surface area contributed by atoms with Crippen molar-refractivity contribution in [2.45, 2.75) is 43.9 Å². The van der Waals surface area contributed by atoms with Crippen molar-refractivity contribution in [3.63, 3.8) is 0 Å². The highest BCUT2D eigenvalue weighted by Gasteiger charge is 2.37. The number of rotatable bonds is 3. The van der Waals surface area contributed by atoms with Crippen LogP contribution in [0.15, 0.2) is 24.3 Å². The molecule has 5 heteroatoms. The molecule has 4 nitrogen and oxygen atoms in total. The van der Waals surface area contributed by atoms with Gasteiger partial charge < -0.3 is 10.4 Å². The molecule has 120 valence electrons. The third-order valence-electron chi connectivity index (χ3n) is 5.00. The van der Waals surface area contributed by atoms with Gasteiger partial charge in [0.1, 0.15) is 0 Å². The number of aliphatic hydroxyl groups is 1. The molecule has 0 bridgehead atoms. The molecule has 4 unspecified atom stereocenters. The Hall–Kier alpha value is -1.10. The van der Waals surface area contributed by atoms with Gasteiger partial charge in [0.2, 0.25) is 5.91 Å². The Morgan fingerprint density at radius 3 is 2.64 bits per heavy atom. The molecule has 1 aliphatic carbocycles. The van der Waals surface area contributed by atoms with Crippen molar-refractivity contribution in [1.29, 1.82) is 0 Å². The average molecular weight is 323 g/mol. The molecule has 1 heterocycles. The predicted molar refractivity (Wildman–Crippen MR) is 86.7 cm³/mol. The van der Waals surface area contributed by atoms with Crippen molar-refractivity contribution in [1.82, 2.24) is 10.2 Å². The lowest BCUT2D eigenvalue weighted by Crippen LogP contribution is -2.43. The maximum atomic E-state index is 12.4. The number of likely N-dealkylation sites (N-methyl/N-ethyl adjacent to an activating group) is 1. The molecule has 2 fully saturated rings. The van der Waals surface area contributed by atoms with Crippen LogP contribution in [-0.2, 0) is 4.79 Å². The van der Waals surface area contributed by atoms with Crippen LogP contribution in [0.2, 0.25) is 5.02 Å². The fourth-order valence-corrected chi connectivity index (χ4v) is 3.91. The molecule has 2 aliphatic rings. The monoisotopic (exact) mass is 322 g/mol. The van der Waals surface area contributed by atoms with Crippen molar-refractivity contribution in [3.05, 3.63) is 34.9 Å². The number of likely N-dealkylation sites (tertiary alicyclic amines) is 1. The van der Waals surface area contributed by atoms with Crippen LogP contribution in [0, 0.1) is 5.92 Å². The standard InChI is InChI=1S/C17H23ClN2O2/c1-20-10-9-14(16(20)11-5-7-12(18)8-6-11)19-17(22)13-3-2-4-15(13)21/h5-8,13-16,21H,2-4,9-10H2,1H3,(H,19,22). The smallest absolute Gasteiger partial charge is 0.226 e. The molecule has 0 spiro atoms. The average Bonchev–Trinajstić information content (AvgIpc) is 3.07. The lowest BCUT2D eigenvalue weighted by molar-refractivity contribution is -0.128. The van der Waals surface area contributed by atoms with Crippen LogP contribution in [0.4, 0.5) is 0 Å². The molecule has 1 amide bonds. The van der Waals surface area contributed by atoms with E-state index >= 15 is 0 Å². The zero-order valence-corrected chi connectivity index (χ0v) is 13.6. The quantitative estimate of drug-likeness (QED) is 0.898. The van der Waals surface area contributed by atoms with E-state index in [0.717, 1.165) is 37.3 Å². The Morgan fingerprint density at radius 2 is 2.00 bits per heavy atom. The summed E-state index contributed by atoms with van der Waals surface area (Å²) in [6, 6.07) is 8.09. The lowest BCUT2D eigenvalue weighted by Gasteiger charge is -2.27. The largest absolute Gasteiger partial charge is 0.392 e. The zero-order valence-electron chi connectivity index (χ0n) is 12.8. The van der Waals surface area contributed by atoms with Gasteiger partial charge in [0, 0.05) is 17.6 Å². The van der Waals surface area contributed by atoms with E-state index in [1.165, 1.54) is 5.56 Å². The van der Waals surface area contributed by atoms with Crippen LogP contribution < -0.4 is 5.32 Å². The van der Waals surface area contributed by atoms with Crippen molar-refractivity contribution >= 4 is 17.5 Å². The minimum atomic E-state index is -0.479. The molecule has 1 saturated carbocycles. The van der Waals surface area contributed by atoms with Crippen molar-refractivity contribution < 1.29 is 9.90 Å². The minimum absolute atomic E-state index is 0.00395. The molecule has 2 N–H and O–H groups in total. The van der Waals surface area contributed by atoms with Crippen LogP contribution >= 0.6 is 11.6 Å². The number of nitrogens with zero attached hydrogens (tertiary/aromatic N) is 1. The van der Waals surface area contributed by atoms with Gasteiger partial charge in [-0.15, -0.1) is 0 Å². The minimum Gasteiger partial charge on any atom is -0.392 e. The van der Waals surface area contributed by atoms with E-state index in [9.17, 15) is 9.90 Å². The molecule has 22 heavy (non-hydrogen) atoms. The molecular weight excluding hydrogens is 300 g/mol. The number of aliphatic hydroxyl groups excluding tert-OH is 1. The number of nitrogens with one attached hydrogen (secondary N) is 1. The van der Waals surface area contributed by atoms with Crippen molar-refractivity contribution in [2.75, 3.05) is 13.6 Å². The fraction of sp³-hybridized carbons (Fsp3) is 0.588. The fourth-order valence-electron chi connectivity index (χ4n) is 3.78. The third-order valence-corrected chi connectivity index (χ3v) is 5.26. The van der Waals surface area contributed by atoms with Gasteiger partial charge in [-0.1, -0.05) is 23.7 Å². The molecule has 0 aromatic heterocycles. The highest BCUT2D eigenvalue weighted by Crippen LogP contribution is 2.33. The van der Waals surface area contributed by atoms with Crippen molar-refractivity contribution in [3.8, 4) is 0 Å². The summed E-state index contributed by atoms with van der Waals surface area (Å²) < 4.78 is 0. The second-order valence-corrected chi connectivity index (χ2v) is 6.92. The number of hydrogen-bond donors (Lipinski definition) is 2. The molecular formula is C17H23ClN2O2. The molecule has 1 aromatic rings. The normalized spacial score (nSPS) is 32.3. The van der Waals surface area contributed by atoms with E-state index in [2.05, 4.69) is 17.3 Å². The summed E-state index contributed by atoms with van der Waals surface area (Å²) >= 11 is 5.97. The van der Waals surface area contributed by atoms with E-state index in [1.54, 1.807) is 0 Å². The third kappa shape index (κ3) is 3.14. The van der Waals surface area contributed by atoms with Gasteiger partial charge in [0.15, 0.2) is 0 Å². The number of benzene rings is 1. The van der Waals surface area contributed by atoms with E-state index in [-0.39, 0.29) is 23.9 Å². The number of carbonyl (C=O) groups excluding carboxylic acids is 1. The first-order chi connectivity index (χ1) is 10.6. The van der Waals surface area contributed by atoms with Crippen LogP contribution in [0.1, 0.15) is 37.3 Å². The molecule has 3 rings (SSSR count). The number of hydrogen-bond acceptors (Lipinski definition) is 3. The molecule has 1 aromatic carbocycles. The summed E-state index contributed by atoms with van der Waals surface area (Å²) in [7, 11) is 2.08. The van der Waals surface area contributed by atoms with Crippen LogP contribution in [-0.4, -0.2) is 41.7 Å². The molecule has 0 radical (unpaired) electrons. The Balaban J connectivity index is 1.72. The Bertz CT molecular complexity index is 534. The van der Waals surface area contributed by atoms with Crippen LogP contribution in [0.5, 0.6) is 0 Å². The van der Waals surface area contributed by atoms with Gasteiger partial charge in [0.25, 0.3) is 0 Å². The first-order valence-electron chi connectivity index (χ1n) is 8.00. The maximum Gasteiger partial charge on any atom is 0.226 e. The zero-order chi connectivity index (χ0) is 15.7. The maximum absolute atomic E-state index is 12.4. The van der Waals surface area contributed by atoms with Crippen molar-refractivity contribution in [2.24, 2.45) is 5.92 Å². The second-order valence-electron chi connectivity index (χ2n) is 6.49. The summed E-state index contributed by atoms with van der Waals surface area (Å²) in [5.74, 6) is -0.235. The Kier molecular flexibility index (Phi) is 4.71. The highest BCUT2D eigenvalue weighted by molar-refractivity contribution is 6.30. The Labute approximate surface area is 136 Å². The number of carbonyl (C=O) groups is 1. The van der Waals surface area contributed by atoms with Gasteiger partial charge in [-0.3, -0.25) is 9.69 Å². The molecule has 1 saturated heterocycles. The lowest BCUT2D eigenvalue weighted by atomic mass is 9.98. The predicted octanol–water partition coefficient (Wildman–Crippen LogP) is 2.36. The molecule has 1 aliphatic heterocycles. The van der Waals surface area contributed by atoms with E-state index in [0.29, 0.717) is 0 Å². The highest BCUT2D eigenvalue weighted by atomic mass is 35.5. The van der Waals surface area contributed by atoms with E-state index < -0.39 is 6.10 Å². The number of amides is 1. The van der Waals surface area contributed by atoms with Gasteiger partial charge in [-0.2, -0.15) is 0 Å². The summed E-state index contributed by atoms with van der Waals surface area (Å²) in [5, 5.41) is 13.8. The van der Waals surface area contributed by atoms with Gasteiger partial charge in [-0.05, 0) is 50.4 Å². The first kappa shape index (κ1) is 15.8. The van der Waals surface area contributed by atoms with Gasteiger partial charge in [0.05, 0.1) is 18.1 Å². The SMILES string of the molecule is CN1CCC(NC(=O)C2CCCC2O)C1c1ccc(Cl)cc1. The summed E-state index contributed by atoms with van der Waals surface area (Å²) in [4.78, 5) is 14.7. The second kappa shape index (κ2) is 6.57. The van der Waals surface area contributed by atoms with Crippen LogP contribution in [0.3, 0.4) is 0 Å². The van der Waals surface area contributed by atoms with Gasteiger partial charge in [-0.25, -0.2) is 0 Å².